The number of halogens is 1. The topological polar surface area (TPSA) is 66.9 Å². The fourth-order valence-electron chi connectivity index (χ4n) is 2.77. The van der Waals surface area contributed by atoms with Gasteiger partial charge in [-0.25, -0.2) is 9.97 Å². The zero-order chi connectivity index (χ0) is 19.9. The van der Waals surface area contributed by atoms with E-state index in [0.29, 0.717) is 22.4 Å². The van der Waals surface area contributed by atoms with Gasteiger partial charge in [0.25, 0.3) is 5.91 Å². The molecule has 1 amide bonds. The second-order valence-electron chi connectivity index (χ2n) is 6.65. The van der Waals surface area contributed by atoms with E-state index in [1.807, 2.05) is 44.2 Å². The summed E-state index contributed by atoms with van der Waals surface area (Å²) >= 11 is 6.12. The number of aryl methyl sites for hydroxylation is 3. The van der Waals surface area contributed by atoms with Crippen LogP contribution in [-0.2, 0) is 6.42 Å². The van der Waals surface area contributed by atoms with Crippen LogP contribution in [0.3, 0.4) is 0 Å². The second-order valence-corrected chi connectivity index (χ2v) is 7.06. The first kappa shape index (κ1) is 19.8. The number of anilines is 2. The molecule has 1 heterocycles. The minimum atomic E-state index is -0.294. The largest absolute Gasteiger partial charge is 0.354 e. The van der Waals surface area contributed by atoms with Gasteiger partial charge in [-0.3, -0.25) is 4.79 Å². The molecule has 0 aliphatic carbocycles. The Kier molecular flexibility index (Phi) is 6.61. The summed E-state index contributed by atoms with van der Waals surface area (Å²) in [5.74, 6) is 0.165. The zero-order valence-electron chi connectivity index (χ0n) is 16.0. The molecule has 0 unspecified atom stereocenters. The van der Waals surface area contributed by atoms with Gasteiger partial charge in [-0.05, 0) is 56.0 Å². The van der Waals surface area contributed by atoms with Crippen molar-refractivity contribution >= 4 is 29.1 Å². The molecule has 3 aromatic rings. The van der Waals surface area contributed by atoms with Crippen molar-refractivity contribution in [3.63, 3.8) is 0 Å². The molecule has 5 nitrogen and oxygen atoms in total. The summed E-state index contributed by atoms with van der Waals surface area (Å²) in [5.41, 5.74) is 3.93. The zero-order valence-corrected chi connectivity index (χ0v) is 16.8. The summed E-state index contributed by atoms with van der Waals surface area (Å²) in [6, 6.07) is 17.4. The van der Waals surface area contributed by atoms with Gasteiger partial charge < -0.3 is 10.6 Å². The number of nitrogens with zero attached hydrogens (tertiary/aromatic N) is 2. The van der Waals surface area contributed by atoms with Crippen LogP contribution in [0.2, 0.25) is 5.02 Å². The van der Waals surface area contributed by atoms with Crippen molar-refractivity contribution in [2.24, 2.45) is 0 Å². The number of hydrogen-bond donors (Lipinski definition) is 2. The van der Waals surface area contributed by atoms with E-state index < -0.39 is 0 Å². The predicted octanol–water partition coefficient (Wildman–Crippen LogP) is 5.04. The van der Waals surface area contributed by atoms with Crippen LogP contribution in [0.15, 0.2) is 54.6 Å². The molecule has 0 fully saturated rings. The van der Waals surface area contributed by atoms with E-state index in [2.05, 4.69) is 32.7 Å². The van der Waals surface area contributed by atoms with Gasteiger partial charge in [-0.15, -0.1) is 0 Å². The number of hydrogen-bond acceptors (Lipinski definition) is 4. The van der Waals surface area contributed by atoms with Crippen molar-refractivity contribution in [2.75, 3.05) is 17.2 Å². The Morgan fingerprint density at radius 1 is 1.04 bits per heavy atom. The molecular weight excluding hydrogens is 372 g/mol. The van der Waals surface area contributed by atoms with E-state index in [1.165, 1.54) is 5.56 Å². The fourth-order valence-corrected chi connectivity index (χ4v) is 2.95. The number of carbonyl (C=O) groups is 1. The first-order valence-corrected chi connectivity index (χ1v) is 9.60. The van der Waals surface area contributed by atoms with Crippen LogP contribution < -0.4 is 10.6 Å². The van der Waals surface area contributed by atoms with E-state index in [4.69, 9.17) is 11.6 Å². The monoisotopic (exact) mass is 394 g/mol. The van der Waals surface area contributed by atoms with Crippen molar-refractivity contribution in [1.29, 1.82) is 0 Å². The number of aromatic nitrogens is 2. The SMILES string of the molecule is Cc1cc(C(=O)Nc2ccc(C)c(Cl)c2)nc(NCCCc2ccccc2)n1. The third kappa shape index (κ3) is 5.54. The second kappa shape index (κ2) is 9.33. The summed E-state index contributed by atoms with van der Waals surface area (Å²) in [7, 11) is 0. The Labute approximate surface area is 170 Å². The number of nitrogens with one attached hydrogen (secondary N) is 2. The minimum absolute atomic E-state index is 0.294. The number of rotatable bonds is 7. The molecule has 0 saturated carbocycles. The van der Waals surface area contributed by atoms with Crippen LogP contribution in [0.5, 0.6) is 0 Å². The van der Waals surface area contributed by atoms with Gasteiger partial charge in [-0.2, -0.15) is 0 Å². The quantitative estimate of drug-likeness (QED) is 0.550. The average Bonchev–Trinajstić information content (AvgIpc) is 2.68. The Balaban J connectivity index is 1.60. The van der Waals surface area contributed by atoms with Gasteiger partial charge in [0, 0.05) is 22.9 Å². The van der Waals surface area contributed by atoms with Crippen LogP contribution in [0.1, 0.15) is 33.7 Å². The average molecular weight is 395 g/mol. The normalized spacial score (nSPS) is 10.5. The van der Waals surface area contributed by atoms with E-state index in [1.54, 1.807) is 12.1 Å². The molecular formula is C22H23ClN4O. The summed E-state index contributed by atoms with van der Waals surface area (Å²) < 4.78 is 0. The molecule has 0 saturated heterocycles. The summed E-state index contributed by atoms with van der Waals surface area (Å²) in [5, 5.41) is 6.64. The van der Waals surface area contributed by atoms with Crippen LogP contribution in [-0.4, -0.2) is 22.4 Å². The number of amides is 1. The first-order chi connectivity index (χ1) is 13.5. The van der Waals surface area contributed by atoms with Crippen LogP contribution in [0, 0.1) is 13.8 Å². The minimum Gasteiger partial charge on any atom is -0.354 e. The molecule has 0 atom stereocenters. The first-order valence-electron chi connectivity index (χ1n) is 9.22. The lowest BCUT2D eigenvalue weighted by Gasteiger charge is -2.10. The highest BCUT2D eigenvalue weighted by Gasteiger charge is 2.11. The lowest BCUT2D eigenvalue weighted by Crippen LogP contribution is -2.16. The van der Waals surface area contributed by atoms with Crippen molar-refractivity contribution in [2.45, 2.75) is 26.7 Å². The Morgan fingerprint density at radius 2 is 1.82 bits per heavy atom. The maximum Gasteiger partial charge on any atom is 0.274 e. The van der Waals surface area contributed by atoms with Crippen molar-refractivity contribution in [3.8, 4) is 0 Å². The van der Waals surface area contributed by atoms with Gasteiger partial charge in [0.2, 0.25) is 5.95 Å². The van der Waals surface area contributed by atoms with E-state index in [0.717, 1.165) is 30.6 Å². The van der Waals surface area contributed by atoms with Gasteiger partial charge in [0.1, 0.15) is 5.69 Å². The lowest BCUT2D eigenvalue weighted by molar-refractivity contribution is 0.102. The standard InChI is InChI=1S/C22H23ClN4O/c1-15-10-11-18(14-19(15)23)26-21(28)20-13-16(2)25-22(27-20)24-12-6-9-17-7-4-3-5-8-17/h3-5,7-8,10-11,13-14H,6,9,12H2,1-2H3,(H,26,28)(H,24,25,27). The summed E-state index contributed by atoms with van der Waals surface area (Å²) in [6.07, 6.45) is 1.92. The lowest BCUT2D eigenvalue weighted by atomic mass is 10.1. The molecule has 0 spiro atoms. The van der Waals surface area contributed by atoms with E-state index in [-0.39, 0.29) is 5.91 Å². The highest BCUT2D eigenvalue weighted by Crippen LogP contribution is 2.20. The molecule has 6 heteroatoms. The van der Waals surface area contributed by atoms with Crippen LogP contribution in [0.4, 0.5) is 11.6 Å². The summed E-state index contributed by atoms with van der Waals surface area (Å²) in [4.78, 5) is 21.3. The van der Waals surface area contributed by atoms with Crippen molar-refractivity contribution < 1.29 is 4.79 Å². The predicted molar refractivity (Wildman–Crippen MR) is 114 cm³/mol. The maximum absolute atomic E-state index is 12.6. The van der Waals surface area contributed by atoms with Crippen molar-refractivity contribution in [3.05, 3.63) is 82.1 Å². The van der Waals surface area contributed by atoms with Gasteiger partial charge in [0.05, 0.1) is 0 Å². The molecule has 0 aliphatic rings. The molecule has 1 aromatic heterocycles. The molecule has 2 N–H and O–H groups in total. The van der Waals surface area contributed by atoms with Gasteiger partial charge in [-0.1, -0.05) is 48.0 Å². The highest BCUT2D eigenvalue weighted by molar-refractivity contribution is 6.31. The Morgan fingerprint density at radius 3 is 2.57 bits per heavy atom. The van der Waals surface area contributed by atoms with E-state index >= 15 is 0 Å². The molecule has 3 rings (SSSR count). The third-order valence-corrected chi connectivity index (χ3v) is 4.69. The summed E-state index contributed by atoms with van der Waals surface area (Å²) in [6.45, 7) is 4.49. The molecule has 0 bridgehead atoms. The third-order valence-electron chi connectivity index (χ3n) is 4.28. The smallest absolute Gasteiger partial charge is 0.274 e. The number of benzene rings is 2. The molecule has 0 radical (unpaired) electrons. The Hall–Kier alpha value is -2.92. The number of carbonyl (C=O) groups excluding carboxylic acids is 1. The maximum atomic E-state index is 12.6. The molecule has 2 aromatic carbocycles. The van der Waals surface area contributed by atoms with Crippen LogP contribution in [0.25, 0.3) is 0 Å². The van der Waals surface area contributed by atoms with Crippen LogP contribution >= 0.6 is 11.6 Å². The van der Waals surface area contributed by atoms with E-state index in [9.17, 15) is 4.79 Å². The molecule has 144 valence electrons. The van der Waals surface area contributed by atoms with Gasteiger partial charge in [0.15, 0.2) is 0 Å². The fraction of sp³-hybridized carbons (Fsp3) is 0.227. The van der Waals surface area contributed by atoms with Crippen molar-refractivity contribution in [1.82, 2.24) is 9.97 Å². The molecule has 28 heavy (non-hydrogen) atoms. The molecule has 0 aliphatic heterocycles. The highest BCUT2D eigenvalue weighted by atomic mass is 35.5. The Bertz CT molecular complexity index is 960. The van der Waals surface area contributed by atoms with Gasteiger partial charge >= 0.3 is 0 Å².